The van der Waals surface area contributed by atoms with E-state index in [1.165, 1.54) is 25.7 Å². The van der Waals surface area contributed by atoms with Crippen LogP contribution in [0.5, 0.6) is 0 Å². The van der Waals surface area contributed by atoms with E-state index >= 15 is 0 Å². The lowest BCUT2D eigenvalue weighted by Gasteiger charge is -2.35. The third kappa shape index (κ3) is 1.18. The molecule has 2 aliphatic rings. The standard InChI is InChI=1S/C9H17NO/c1-10-7-3-4-8(10)6-9(5-7)11-2/h7-9H,3-6H2,1-2H3/t7-,8?,9+/m1/s1. The highest BCUT2D eigenvalue weighted by Crippen LogP contribution is 2.34. The van der Waals surface area contributed by atoms with Crippen LogP contribution < -0.4 is 0 Å². The van der Waals surface area contributed by atoms with Crippen molar-refractivity contribution in [3.05, 3.63) is 0 Å². The summed E-state index contributed by atoms with van der Waals surface area (Å²) in [5, 5.41) is 0. The van der Waals surface area contributed by atoms with Gasteiger partial charge >= 0.3 is 0 Å². The Morgan fingerprint density at radius 2 is 1.73 bits per heavy atom. The molecule has 11 heavy (non-hydrogen) atoms. The van der Waals surface area contributed by atoms with Gasteiger partial charge in [0.2, 0.25) is 0 Å². The van der Waals surface area contributed by atoms with Gasteiger partial charge in [0.05, 0.1) is 6.10 Å². The lowest BCUT2D eigenvalue weighted by Crippen LogP contribution is -2.42. The maximum atomic E-state index is 5.39. The van der Waals surface area contributed by atoms with Crippen molar-refractivity contribution in [2.45, 2.75) is 43.9 Å². The summed E-state index contributed by atoms with van der Waals surface area (Å²) in [5.41, 5.74) is 0. The number of nitrogens with zero attached hydrogens (tertiary/aromatic N) is 1. The highest BCUT2D eigenvalue weighted by molar-refractivity contribution is 4.93. The lowest BCUT2D eigenvalue weighted by atomic mass is 10.0. The van der Waals surface area contributed by atoms with Crippen LogP contribution in [0.3, 0.4) is 0 Å². The van der Waals surface area contributed by atoms with Gasteiger partial charge in [-0.25, -0.2) is 0 Å². The summed E-state index contributed by atoms with van der Waals surface area (Å²) in [6.07, 6.45) is 5.83. The zero-order valence-corrected chi connectivity index (χ0v) is 7.42. The zero-order chi connectivity index (χ0) is 7.84. The number of hydrogen-bond acceptors (Lipinski definition) is 2. The van der Waals surface area contributed by atoms with Gasteiger partial charge in [-0.3, -0.25) is 0 Å². The van der Waals surface area contributed by atoms with Gasteiger partial charge in [0.25, 0.3) is 0 Å². The molecule has 2 aliphatic heterocycles. The van der Waals surface area contributed by atoms with Gasteiger partial charge in [0, 0.05) is 19.2 Å². The van der Waals surface area contributed by atoms with Crippen molar-refractivity contribution < 1.29 is 4.74 Å². The van der Waals surface area contributed by atoms with E-state index in [1.807, 2.05) is 7.11 Å². The van der Waals surface area contributed by atoms with Crippen LogP contribution >= 0.6 is 0 Å². The molecule has 3 atom stereocenters. The Kier molecular flexibility index (Phi) is 1.90. The molecule has 2 nitrogen and oxygen atoms in total. The smallest absolute Gasteiger partial charge is 0.0601 e. The summed E-state index contributed by atoms with van der Waals surface area (Å²) >= 11 is 0. The van der Waals surface area contributed by atoms with Crippen LogP contribution in [0, 0.1) is 0 Å². The van der Waals surface area contributed by atoms with Crippen molar-refractivity contribution in [3.63, 3.8) is 0 Å². The molecule has 0 aromatic rings. The Balaban J connectivity index is 2.02. The van der Waals surface area contributed by atoms with Gasteiger partial charge in [-0.1, -0.05) is 0 Å². The maximum absolute atomic E-state index is 5.39. The number of hydrogen-bond donors (Lipinski definition) is 0. The average Bonchev–Trinajstić information content (AvgIpc) is 2.26. The van der Waals surface area contributed by atoms with E-state index in [9.17, 15) is 0 Å². The predicted octanol–water partition coefficient (Wildman–Crippen LogP) is 1.26. The first-order valence-corrected chi connectivity index (χ1v) is 4.56. The Morgan fingerprint density at radius 3 is 2.18 bits per heavy atom. The van der Waals surface area contributed by atoms with E-state index in [2.05, 4.69) is 11.9 Å². The van der Waals surface area contributed by atoms with Gasteiger partial charge in [0.1, 0.15) is 0 Å². The summed E-state index contributed by atoms with van der Waals surface area (Å²) in [5.74, 6) is 0. The van der Waals surface area contributed by atoms with E-state index in [-0.39, 0.29) is 0 Å². The largest absolute Gasteiger partial charge is 0.381 e. The van der Waals surface area contributed by atoms with E-state index in [0.29, 0.717) is 6.10 Å². The number of fused-ring (bicyclic) bond motifs is 2. The van der Waals surface area contributed by atoms with Crippen molar-refractivity contribution in [2.75, 3.05) is 14.2 Å². The van der Waals surface area contributed by atoms with Gasteiger partial charge in [-0.15, -0.1) is 0 Å². The fraction of sp³-hybridized carbons (Fsp3) is 1.00. The average molecular weight is 155 g/mol. The minimum absolute atomic E-state index is 0.545. The molecule has 2 rings (SSSR count). The monoisotopic (exact) mass is 155 g/mol. The number of methoxy groups -OCH3 is 1. The second kappa shape index (κ2) is 2.76. The first-order chi connectivity index (χ1) is 5.31. The molecule has 0 aliphatic carbocycles. The van der Waals surface area contributed by atoms with Crippen LogP contribution in [0.1, 0.15) is 25.7 Å². The van der Waals surface area contributed by atoms with Gasteiger partial charge in [0.15, 0.2) is 0 Å². The van der Waals surface area contributed by atoms with Crippen LogP contribution in [0.15, 0.2) is 0 Å². The van der Waals surface area contributed by atoms with E-state index in [1.54, 1.807) is 0 Å². The molecule has 1 unspecified atom stereocenters. The third-order valence-electron chi connectivity index (χ3n) is 3.39. The van der Waals surface area contributed by atoms with Crippen LogP contribution in [-0.2, 0) is 4.74 Å². The fourth-order valence-corrected chi connectivity index (χ4v) is 2.55. The van der Waals surface area contributed by atoms with Crippen molar-refractivity contribution in [2.24, 2.45) is 0 Å². The molecule has 0 aromatic heterocycles. The summed E-state index contributed by atoms with van der Waals surface area (Å²) in [4.78, 5) is 2.54. The van der Waals surface area contributed by atoms with Crippen LogP contribution in [0.2, 0.25) is 0 Å². The highest BCUT2D eigenvalue weighted by atomic mass is 16.5. The van der Waals surface area contributed by atoms with Crippen LogP contribution in [0.25, 0.3) is 0 Å². The molecular formula is C9H17NO. The highest BCUT2D eigenvalue weighted by Gasteiger charge is 2.38. The van der Waals surface area contributed by atoms with Crippen LogP contribution in [0.4, 0.5) is 0 Å². The molecular weight excluding hydrogens is 138 g/mol. The van der Waals surface area contributed by atoms with Gasteiger partial charge in [-0.05, 0) is 32.7 Å². The Labute approximate surface area is 68.5 Å². The molecule has 2 heterocycles. The number of ether oxygens (including phenoxy) is 1. The zero-order valence-electron chi connectivity index (χ0n) is 7.42. The summed E-state index contributed by atoms with van der Waals surface area (Å²) in [6.45, 7) is 0. The minimum Gasteiger partial charge on any atom is -0.381 e. The summed E-state index contributed by atoms with van der Waals surface area (Å²) in [7, 11) is 4.10. The molecule has 0 spiro atoms. The van der Waals surface area contributed by atoms with E-state index in [4.69, 9.17) is 4.74 Å². The molecule has 0 aromatic carbocycles. The van der Waals surface area contributed by atoms with Gasteiger partial charge < -0.3 is 9.64 Å². The summed E-state index contributed by atoms with van der Waals surface area (Å²) < 4.78 is 5.39. The Bertz CT molecular complexity index is 134. The first-order valence-electron chi connectivity index (χ1n) is 4.56. The topological polar surface area (TPSA) is 12.5 Å². The van der Waals surface area contributed by atoms with Crippen molar-refractivity contribution >= 4 is 0 Å². The number of rotatable bonds is 1. The van der Waals surface area contributed by atoms with Crippen molar-refractivity contribution in [1.82, 2.24) is 4.90 Å². The molecule has 2 saturated heterocycles. The second-order valence-corrected chi connectivity index (χ2v) is 3.88. The predicted molar refractivity (Wildman–Crippen MR) is 44.6 cm³/mol. The van der Waals surface area contributed by atoms with E-state index < -0.39 is 0 Å². The normalized spacial score (nSPS) is 44.7. The van der Waals surface area contributed by atoms with Gasteiger partial charge in [-0.2, -0.15) is 0 Å². The Hall–Kier alpha value is -0.0800. The lowest BCUT2D eigenvalue weighted by molar-refractivity contribution is 0.0163. The third-order valence-corrected chi connectivity index (χ3v) is 3.39. The SMILES string of the molecule is CO[C@@H]1CC2CC[C@H](C1)N2C. The first kappa shape index (κ1) is 7.56. The minimum atomic E-state index is 0.545. The van der Waals surface area contributed by atoms with Crippen molar-refractivity contribution in [1.29, 1.82) is 0 Å². The Morgan fingerprint density at radius 1 is 1.18 bits per heavy atom. The number of piperidine rings is 1. The molecule has 0 radical (unpaired) electrons. The molecule has 0 saturated carbocycles. The van der Waals surface area contributed by atoms with Crippen LogP contribution in [-0.4, -0.2) is 37.2 Å². The molecule has 2 fully saturated rings. The van der Waals surface area contributed by atoms with E-state index in [0.717, 1.165) is 12.1 Å². The molecule has 2 bridgehead atoms. The fourth-order valence-electron chi connectivity index (χ4n) is 2.55. The quantitative estimate of drug-likeness (QED) is 0.565. The maximum Gasteiger partial charge on any atom is 0.0601 e. The molecule has 0 N–H and O–H groups in total. The molecule has 2 heteroatoms. The van der Waals surface area contributed by atoms with Crippen molar-refractivity contribution in [3.8, 4) is 0 Å². The second-order valence-electron chi connectivity index (χ2n) is 3.88. The summed E-state index contributed by atoms with van der Waals surface area (Å²) in [6, 6.07) is 1.64. The molecule has 0 amide bonds. The molecule has 64 valence electrons.